The summed E-state index contributed by atoms with van der Waals surface area (Å²) in [4.78, 5) is 13.5. The highest BCUT2D eigenvalue weighted by molar-refractivity contribution is 5.97. The molecule has 0 saturated heterocycles. The van der Waals surface area contributed by atoms with Crippen LogP contribution in [0.3, 0.4) is 0 Å². The average Bonchev–Trinajstić information content (AvgIpc) is 2.35. The first-order chi connectivity index (χ1) is 8.01. The molecule has 1 atom stereocenters. The van der Waals surface area contributed by atoms with Crippen molar-refractivity contribution in [3.63, 3.8) is 0 Å². The second-order valence-electron chi connectivity index (χ2n) is 4.80. The minimum atomic E-state index is 0.415. The average molecular weight is 233 g/mol. The SMILES string of the molecule is CCC(C)c1nc(C(C)C)cnc1C(C)=NC. The Morgan fingerprint density at radius 2 is 2.00 bits per heavy atom. The first-order valence-electron chi connectivity index (χ1n) is 6.31. The highest BCUT2D eigenvalue weighted by Crippen LogP contribution is 2.22. The predicted octanol–water partition coefficient (Wildman–Crippen LogP) is 3.55. The maximum Gasteiger partial charge on any atom is 0.105 e. The summed E-state index contributed by atoms with van der Waals surface area (Å²) >= 11 is 0. The number of hydrogen-bond acceptors (Lipinski definition) is 3. The first-order valence-corrected chi connectivity index (χ1v) is 6.31. The molecule has 0 radical (unpaired) electrons. The molecule has 1 aromatic heterocycles. The highest BCUT2D eigenvalue weighted by Gasteiger charge is 2.16. The Bertz CT molecular complexity index is 408. The maximum absolute atomic E-state index is 4.77. The van der Waals surface area contributed by atoms with Gasteiger partial charge in [0.25, 0.3) is 0 Å². The molecule has 1 heterocycles. The second kappa shape index (κ2) is 5.89. The number of nitrogens with zero attached hydrogens (tertiary/aromatic N) is 3. The molecule has 0 aliphatic heterocycles. The smallest absolute Gasteiger partial charge is 0.105 e. The molecule has 94 valence electrons. The third-order valence-electron chi connectivity index (χ3n) is 3.17. The number of aromatic nitrogens is 2. The number of hydrogen-bond donors (Lipinski definition) is 0. The topological polar surface area (TPSA) is 38.1 Å². The minimum absolute atomic E-state index is 0.415. The van der Waals surface area contributed by atoms with Crippen LogP contribution in [0, 0.1) is 0 Å². The van der Waals surface area contributed by atoms with E-state index in [2.05, 4.69) is 37.7 Å². The Balaban J connectivity index is 3.31. The molecule has 1 aromatic rings. The van der Waals surface area contributed by atoms with Crippen LogP contribution in [0.25, 0.3) is 0 Å². The molecule has 0 aliphatic rings. The lowest BCUT2D eigenvalue weighted by Gasteiger charge is -2.15. The zero-order chi connectivity index (χ0) is 13.0. The van der Waals surface area contributed by atoms with Gasteiger partial charge in [-0.1, -0.05) is 27.7 Å². The molecule has 0 aliphatic carbocycles. The van der Waals surface area contributed by atoms with Crippen LogP contribution in [0.4, 0.5) is 0 Å². The standard InChI is InChI=1S/C14H23N3/c1-7-10(4)13-14(11(5)15-6)16-8-12(17-13)9(2)3/h8-10H,7H2,1-6H3. The van der Waals surface area contributed by atoms with Gasteiger partial charge in [-0.25, -0.2) is 0 Å². The summed E-state index contributed by atoms with van der Waals surface area (Å²) in [6, 6.07) is 0. The van der Waals surface area contributed by atoms with Crippen LogP contribution in [0.5, 0.6) is 0 Å². The molecular formula is C14H23N3. The van der Waals surface area contributed by atoms with Gasteiger partial charge in [0, 0.05) is 19.2 Å². The van der Waals surface area contributed by atoms with Gasteiger partial charge in [-0.15, -0.1) is 0 Å². The van der Waals surface area contributed by atoms with Crippen molar-refractivity contribution >= 4 is 5.71 Å². The molecule has 0 bridgehead atoms. The van der Waals surface area contributed by atoms with Crippen molar-refractivity contribution in [3.8, 4) is 0 Å². The van der Waals surface area contributed by atoms with Crippen LogP contribution in [-0.2, 0) is 0 Å². The van der Waals surface area contributed by atoms with E-state index < -0.39 is 0 Å². The molecule has 0 amide bonds. The summed E-state index contributed by atoms with van der Waals surface area (Å²) in [5.41, 5.74) is 4.06. The van der Waals surface area contributed by atoms with E-state index in [-0.39, 0.29) is 0 Å². The summed E-state index contributed by atoms with van der Waals surface area (Å²) < 4.78 is 0. The van der Waals surface area contributed by atoms with Crippen LogP contribution in [0.15, 0.2) is 11.2 Å². The van der Waals surface area contributed by atoms with Crippen LogP contribution in [-0.4, -0.2) is 22.7 Å². The second-order valence-corrected chi connectivity index (χ2v) is 4.80. The normalized spacial score (nSPS) is 14.2. The van der Waals surface area contributed by atoms with E-state index in [1.807, 2.05) is 13.1 Å². The maximum atomic E-state index is 4.77. The third-order valence-corrected chi connectivity index (χ3v) is 3.17. The van der Waals surface area contributed by atoms with E-state index in [1.54, 1.807) is 7.05 Å². The molecule has 0 aromatic carbocycles. The molecule has 1 rings (SSSR count). The van der Waals surface area contributed by atoms with Crippen molar-refractivity contribution in [1.29, 1.82) is 0 Å². The van der Waals surface area contributed by atoms with Crippen molar-refractivity contribution in [1.82, 2.24) is 9.97 Å². The molecule has 17 heavy (non-hydrogen) atoms. The third kappa shape index (κ3) is 3.11. The fourth-order valence-electron chi connectivity index (χ4n) is 1.62. The van der Waals surface area contributed by atoms with Crippen LogP contribution < -0.4 is 0 Å². The van der Waals surface area contributed by atoms with Crippen LogP contribution >= 0.6 is 0 Å². The van der Waals surface area contributed by atoms with Gasteiger partial charge in [0.1, 0.15) is 5.69 Å². The minimum Gasteiger partial charge on any atom is -0.291 e. The lowest BCUT2D eigenvalue weighted by atomic mass is 9.99. The van der Waals surface area contributed by atoms with Gasteiger partial charge in [0.05, 0.1) is 17.1 Å². The molecular weight excluding hydrogens is 210 g/mol. The lowest BCUT2D eigenvalue weighted by molar-refractivity contribution is 0.681. The Morgan fingerprint density at radius 3 is 2.47 bits per heavy atom. The van der Waals surface area contributed by atoms with Crippen molar-refractivity contribution in [2.75, 3.05) is 7.05 Å². The van der Waals surface area contributed by atoms with E-state index >= 15 is 0 Å². The zero-order valence-corrected chi connectivity index (χ0v) is 11.8. The van der Waals surface area contributed by atoms with E-state index in [9.17, 15) is 0 Å². The fourth-order valence-corrected chi connectivity index (χ4v) is 1.62. The summed E-state index contributed by atoms with van der Waals surface area (Å²) in [6.45, 7) is 10.7. The summed E-state index contributed by atoms with van der Waals surface area (Å²) in [6.07, 6.45) is 2.95. The molecule has 1 unspecified atom stereocenters. The van der Waals surface area contributed by atoms with Crippen molar-refractivity contribution < 1.29 is 0 Å². The summed E-state index contributed by atoms with van der Waals surface area (Å²) in [7, 11) is 1.80. The van der Waals surface area contributed by atoms with Gasteiger partial charge in [-0.2, -0.15) is 0 Å². The quantitative estimate of drug-likeness (QED) is 0.746. The van der Waals surface area contributed by atoms with Gasteiger partial charge in [0.15, 0.2) is 0 Å². The molecule has 0 saturated carbocycles. The molecule has 3 nitrogen and oxygen atoms in total. The summed E-state index contributed by atoms with van der Waals surface area (Å²) in [5, 5.41) is 0. The van der Waals surface area contributed by atoms with E-state index in [4.69, 9.17) is 4.98 Å². The molecule has 0 N–H and O–H groups in total. The Labute approximate surface area is 104 Å². The van der Waals surface area contributed by atoms with Crippen molar-refractivity contribution in [2.45, 2.75) is 52.9 Å². The van der Waals surface area contributed by atoms with E-state index in [0.29, 0.717) is 11.8 Å². The summed E-state index contributed by atoms with van der Waals surface area (Å²) in [5.74, 6) is 0.839. The van der Waals surface area contributed by atoms with Crippen molar-refractivity contribution in [3.05, 3.63) is 23.3 Å². The first kappa shape index (κ1) is 13.8. The Kier molecular flexibility index (Phi) is 4.79. The van der Waals surface area contributed by atoms with Gasteiger partial charge in [0.2, 0.25) is 0 Å². The highest BCUT2D eigenvalue weighted by atomic mass is 14.9. The predicted molar refractivity (Wildman–Crippen MR) is 73.0 cm³/mol. The fraction of sp³-hybridized carbons (Fsp3) is 0.643. The Morgan fingerprint density at radius 1 is 1.35 bits per heavy atom. The van der Waals surface area contributed by atoms with Crippen molar-refractivity contribution in [2.24, 2.45) is 4.99 Å². The molecule has 3 heteroatoms. The zero-order valence-electron chi connectivity index (χ0n) is 11.8. The largest absolute Gasteiger partial charge is 0.291 e. The number of rotatable bonds is 4. The van der Waals surface area contributed by atoms with Crippen LogP contribution in [0.2, 0.25) is 0 Å². The van der Waals surface area contributed by atoms with E-state index in [0.717, 1.165) is 29.2 Å². The van der Waals surface area contributed by atoms with Gasteiger partial charge in [-0.3, -0.25) is 15.0 Å². The van der Waals surface area contributed by atoms with Gasteiger partial charge < -0.3 is 0 Å². The monoisotopic (exact) mass is 233 g/mol. The lowest BCUT2D eigenvalue weighted by Crippen LogP contribution is -2.12. The number of aliphatic imine (C=N–C) groups is 1. The van der Waals surface area contributed by atoms with E-state index in [1.165, 1.54) is 0 Å². The van der Waals surface area contributed by atoms with Gasteiger partial charge >= 0.3 is 0 Å². The molecule has 0 fully saturated rings. The van der Waals surface area contributed by atoms with Crippen LogP contribution in [0.1, 0.15) is 70.0 Å². The van der Waals surface area contributed by atoms with Gasteiger partial charge in [-0.05, 0) is 19.3 Å². The molecule has 0 spiro atoms. The Hall–Kier alpha value is -1.25.